The van der Waals surface area contributed by atoms with Gasteiger partial charge in [0.2, 0.25) is 0 Å². The van der Waals surface area contributed by atoms with Crippen molar-refractivity contribution in [3.05, 3.63) is 69.5 Å². The van der Waals surface area contributed by atoms with Crippen LogP contribution in [0, 0.1) is 5.82 Å². The number of carbonyl (C=O) groups is 1. The number of carbonyl (C=O) groups excluding carboxylic acids is 1. The van der Waals surface area contributed by atoms with Crippen LogP contribution in [0.1, 0.15) is 15.9 Å². The minimum atomic E-state index is -0.605. The van der Waals surface area contributed by atoms with E-state index in [0.717, 1.165) is 6.07 Å². The van der Waals surface area contributed by atoms with E-state index in [4.69, 9.17) is 23.2 Å². The van der Waals surface area contributed by atoms with Crippen molar-refractivity contribution in [1.82, 2.24) is 0 Å². The van der Waals surface area contributed by atoms with E-state index in [1.165, 1.54) is 12.1 Å². The van der Waals surface area contributed by atoms with Crippen molar-refractivity contribution in [2.75, 3.05) is 0 Å². The molecule has 0 amide bonds. The highest BCUT2D eigenvalue weighted by Crippen LogP contribution is 2.19. The van der Waals surface area contributed by atoms with E-state index in [-0.39, 0.29) is 16.4 Å². The number of halogens is 3. The van der Waals surface area contributed by atoms with Gasteiger partial charge in [-0.1, -0.05) is 23.2 Å². The Morgan fingerprint density at radius 2 is 1.53 bits per heavy atom. The molecule has 0 aliphatic heterocycles. The maximum absolute atomic E-state index is 13.2. The zero-order valence-electron chi connectivity index (χ0n) is 8.58. The van der Waals surface area contributed by atoms with Crippen molar-refractivity contribution in [2.45, 2.75) is 0 Å². The first-order valence-electron chi connectivity index (χ1n) is 4.83. The summed E-state index contributed by atoms with van der Waals surface area (Å²) < 4.78 is 13.2. The summed E-state index contributed by atoms with van der Waals surface area (Å²) in [5, 5.41) is 0.543. The van der Waals surface area contributed by atoms with Crippen LogP contribution in [0.4, 0.5) is 4.39 Å². The monoisotopic (exact) mass is 268 g/mol. The molecule has 0 radical (unpaired) electrons. The van der Waals surface area contributed by atoms with Crippen molar-refractivity contribution in [2.24, 2.45) is 0 Å². The third-order valence-electron chi connectivity index (χ3n) is 2.29. The molecule has 17 heavy (non-hydrogen) atoms. The fraction of sp³-hybridized carbons (Fsp3) is 0. The summed E-state index contributed by atoms with van der Waals surface area (Å²) in [5.41, 5.74) is 0.713. The lowest BCUT2D eigenvalue weighted by molar-refractivity contribution is 0.103. The van der Waals surface area contributed by atoms with Crippen LogP contribution in [0.2, 0.25) is 10.0 Å². The van der Waals surface area contributed by atoms with Gasteiger partial charge in [-0.05, 0) is 42.5 Å². The lowest BCUT2D eigenvalue weighted by atomic mass is 10.0. The molecule has 0 N–H and O–H groups in total. The molecule has 2 rings (SSSR count). The fourth-order valence-electron chi connectivity index (χ4n) is 1.41. The fourth-order valence-corrected chi connectivity index (χ4v) is 1.65. The molecule has 0 saturated carbocycles. The van der Waals surface area contributed by atoms with Crippen LogP contribution in [0.5, 0.6) is 0 Å². The van der Waals surface area contributed by atoms with E-state index in [1.54, 1.807) is 24.3 Å². The summed E-state index contributed by atoms with van der Waals surface area (Å²) >= 11 is 11.3. The van der Waals surface area contributed by atoms with Gasteiger partial charge in [-0.15, -0.1) is 0 Å². The van der Waals surface area contributed by atoms with Crippen molar-refractivity contribution in [1.29, 1.82) is 0 Å². The van der Waals surface area contributed by atoms with Gasteiger partial charge < -0.3 is 0 Å². The molecule has 0 atom stereocenters. The average molecular weight is 269 g/mol. The van der Waals surface area contributed by atoms with E-state index >= 15 is 0 Å². The predicted molar refractivity (Wildman–Crippen MR) is 66.3 cm³/mol. The lowest BCUT2D eigenvalue weighted by Gasteiger charge is -2.02. The van der Waals surface area contributed by atoms with Crippen molar-refractivity contribution >= 4 is 29.0 Å². The highest BCUT2D eigenvalue weighted by molar-refractivity contribution is 6.31. The molecule has 4 heteroatoms. The van der Waals surface area contributed by atoms with Crippen LogP contribution >= 0.6 is 23.2 Å². The van der Waals surface area contributed by atoms with Crippen LogP contribution in [0.25, 0.3) is 0 Å². The van der Waals surface area contributed by atoms with Crippen LogP contribution < -0.4 is 0 Å². The summed E-state index contributed by atoms with van der Waals surface area (Å²) in [6.07, 6.45) is 0. The first kappa shape index (κ1) is 12.1. The Morgan fingerprint density at radius 3 is 2.12 bits per heavy atom. The van der Waals surface area contributed by atoms with E-state index in [0.29, 0.717) is 10.6 Å². The minimum Gasteiger partial charge on any atom is -0.289 e. The Labute approximate surface area is 108 Å². The molecule has 0 spiro atoms. The number of hydrogen-bond donors (Lipinski definition) is 0. The molecule has 0 bridgehead atoms. The SMILES string of the molecule is O=C(c1ccc(Cl)cc1)c1ccc(Cl)c(F)c1. The highest BCUT2D eigenvalue weighted by atomic mass is 35.5. The Hall–Kier alpha value is -1.38. The van der Waals surface area contributed by atoms with Crippen LogP contribution in [0.15, 0.2) is 42.5 Å². The molecule has 0 aromatic heterocycles. The summed E-state index contributed by atoms with van der Waals surface area (Å²) in [6, 6.07) is 10.4. The summed E-state index contributed by atoms with van der Waals surface area (Å²) in [5.74, 6) is -0.872. The van der Waals surface area contributed by atoms with Gasteiger partial charge >= 0.3 is 0 Å². The molecule has 0 unspecified atom stereocenters. The van der Waals surface area contributed by atoms with Gasteiger partial charge in [0.05, 0.1) is 5.02 Å². The van der Waals surface area contributed by atoms with Gasteiger partial charge in [-0.2, -0.15) is 0 Å². The third kappa shape index (κ3) is 2.65. The van der Waals surface area contributed by atoms with E-state index < -0.39 is 5.82 Å². The highest BCUT2D eigenvalue weighted by Gasteiger charge is 2.11. The molecule has 0 aliphatic rings. The maximum Gasteiger partial charge on any atom is 0.193 e. The Kier molecular flexibility index (Phi) is 3.46. The van der Waals surface area contributed by atoms with Crippen molar-refractivity contribution in [3.63, 3.8) is 0 Å². The molecule has 0 fully saturated rings. The Morgan fingerprint density at radius 1 is 0.941 bits per heavy atom. The number of rotatable bonds is 2. The second kappa shape index (κ2) is 4.86. The molecule has 0 heterocycles. The van der Waals surface area contributed by atoms with Crippen molar-refractivity contribution in [3.8, 4) is 0 Å². The quantitative estimate of drug-likeness (QED) is 0.740. The second-order valence-corrected chi connectivity index (χ2v) is 4.31. The van der Waals surface area contributed by atoms with E-state index in [1.807, 2.05) is 0 Å². The molecule has 0 saturated heterocycles. The standard InChI is InChI=1S/C13H7Cl2FO/c14-10-4-1-8(2-5-10)13(17)9-3-6-11(15)12(16)7-9/h1-7H. The smallest absolute Gasteiger partial charge is 0.193 e. The van der Waals surface area contributed by atoms with Gasteiger partial charge in [0, 0.05) is 16.1 Å². The average Bonchev–Trinajstić information content (AvgIpc) is 2.33. The predicted octanol–water partition coefficient (Wildman–Crippen LogP) is 4.36. The zero-order chi connectivity index (χ0) is 12.4. The van der Waals surface area contributed by atoms with Gasteiger partial charge in [-0.25, -0.2) is 4.39 Å². The normalized spacial score (nSPS) is 10.3. The van der Waals surface area contributed by atoms with Crippen LogP contribution in [0.3, 0.4) is 0 Å². The van der Waals surface area contributed by atoms with Gasteiger partial charge in [0.15, 0.2) is 5.78 Å². The number of hydrogen-bond acceptors (Lipinski definition) is 1. The Balaban J connectivity index is 2.37. The van der Waals surface area contributed by atoms with Crippen molar-refractivity contribution < 1.29 is 9.18 Å². The topological polar surface area (TPSA) is 17.1 Å². The van der Waals surface area contributed by atoms with Gasteiger partial charge in [0.1, 0.15) is 5.82 Å². The third-order valence-corrected chi connectivity index (χ3v) is 2.85. The summed E-state index contributed by atoms with van der Waals surface area (Å²) in [6.45, 7) is 0. The Bertz CT molecular complexity index is 564. The van der Waals surface area contributed by atoms with E-state index in [9.17, 15) is 9.18 Å². The van der Waals surface area contributed by atoms with Gasteiger partial charge in [0.25, 0.3) is 0 Å². The molecular weight excluding hydrogens is 262 g/mol. The lowest BCUT2D eigenvalue weighted by Crippen LogP contribution is -2.01. The first-order chi connectivity index (χ1) is 8.08. The molecular formula is C13H7Cl2FO. The zero-order valence-corrected chi connectivity index (χ0v) is 10.1. The van der Waals surface area contributed by atoms with E-state index in [2.05, 4.69) is 0 Å². The summed E-state index contributed by atoms with van der Waals surface area (Å²) in [7, 11) is 0. The molecule has 1 nitrogen and oxygen atoms in total. The largest absolute Gasteiger partial charge is 0.289 e. The van der Waals surface area contributed by atoms with Crippen LogP contribution in [-0.2, 0) is 0 Å². The molecule has 2 aromatic rings. The van der Waals surface area contributed by atoms with Crippen LogP contribution in [-0.4, -0.2) is 5.78 Å². The molecule has 2 aromatic carbocycles. The number of benzene rings is 2. The first-order valence-corrected chi connectivity index (χ1v) is 5.59. The second-order valence-electron chi connectivity index (χ2n) is 3.46. The maximum atomic E-state index is 13.2. The number of ketones is 1. The molecule has 0 aliphatic carbocycles. The minimum absolute atomic E-state index is 0.00217. The molecule has 86 valence electrons. The van der Waals surface area contributed by atoms with Gasteiger partial charge in [-0.3, -0.25) is 4.79 Å². The summed E-state index contributed by atoms with van der Waals surface area (Å²) in [4.78, 5) is 12.0.